The maximum atomic E-state index is 13.0. The molecule has 3 aromatic rings. The predicted molar refractivity (Wildman–Crippen MR) is 114 cm³/mol. The Labute approximate surface area is 170 Å². The van der Waals surface area contributed by atoms with Gasteiger partial charge in [0.05, 0.1) is 5.92 Å². The van der Waals surface area contributed by atoms with Gasteiger partial charge in [-0.05, 0) is 49.9 Å². The average Bonchev–Trinajstić information content (AvgIpc) is 2.67. The number of carbonyl (C=O) groups is 2. The monoisotopic (exact) mass is 391 g/mol. The van der Waals surface area contributed by atoms with Gasteiger partial charge >= 0.3 is 6.09 Å². The lowest BCUT2D eigenvalue weighted by molar-refractivity contribution is -0.118. The van der Waals surface area contributed by atoms with Crippen LogP contribution in [-0.2, 0) is 9.53 Å². The molecule has 2 amide bonds. The molecule has 1 heterocycles. The molecule has 1 aromatic heterocycles. The van der Waals surface area contributed by atoms with Crippen LogP contribution in [0.2, 0.25) is 0 Å². The maximum absolute atomic E-state index is 13.0. The molecule has 6 nitrogen and oxygen atoms in total. The van der Waals surface area contributed by atoms with E-state index >= 15 is 0 Å². The van der Waals surface area contributed by atoms with Crippen LogP contribution in [-0.4, -0.2) is 29.1 Å². The van der Waals surface area contributed by atoms with Gasteiger partial charge in [0.2, 0.25) is 5.91 Å². The fourth-order valence-electron chi connectivity index (χ4n) is 2.90. The van der Waals surface area contributed by atoms with Gasteiger partial charge in [0.15, 0.2) is 0 Å². The summed E-state index contributed by atoms with van der Waals surface area (Å²) in [5, 5.41) is 7.64. The number of ether oxygens (including phenoxy) is 1. The van der Waals surface area contributed by atoms with Crippen LogP contribution in [0.15, 0.2) is 67.0 Å². The van der Waals surface area contributed by atoms with Gasteiger partial charge in [0, 0.05) is 29.0 Å². The Kier molecular flexibility index (Phi) is 6.12. The summed E-state index contributed by atoms with van der Waals surface area (Å²) in [6.07, 6.45) is 2.93. The minimum absolute atomic E-state index is 0.0603. The first-order valence-electron chi connectivity index (χ1n) is 9.46. The fourth-order valence-corrected chi connectivity index (χ4v) is 2.90. The highest BCUT2D eigenvalue weighted by molar-refractivity contribution is 5.98. The van der Waals surface area contributed by atoms with Gasteiger partial charge in [0.25, 0.3) is 0 Å². The van der Waals surface area contributed by atoms with E-state index in [1.54, 1.807) is 12.4 Å². The number of fused-ring (bicyclic) bond motifs is 1. The minimum atomic E-state index is -0.630. The van der Waals surface area contributed by atoms with Gasteiger partial charge in [-0.1, -0.05) is 36.4 Å². The molecule has 0 aliphatic rings. The summed E-state index contributed by atoms with van der Waals surface area (Å²) in [6.45, 7) is 5.54. The van der Waals surface area contributed by atoms with Gasteiger partial charge in [-0.2, -0.15) is 0 Å². The van der Waals surface area contributed by atoms with E-state index in [2.05, 4.69) is 15.6 Å². The van der Waals surface area contributed by atoms with Gasteiger partial charge < -0.3 is 15.4 Å². The molecule has 0 saturated carbocycles. The van der Waals surface area contributed by atoms with Crippen molar-refractivity contribution in [3.8, 4) is 0 Å². The number of anilines is 1. The number of benzene rings is 2. The van der Waals surface area contributed by atoms with E-state index in [0.717, 1.165) is 16.3 Å². The van der Waals surface area contributed by atoms with Crippen LogP contribution in [0.1, 0.15) is 32.3 Å². The zero-order valence-corrected chi connectivity index (χ0v) is 16.8. The van der Waals surface area contributed by atoms with E-state index in [0.29, 0.717) is 5.69 Å². The topological polar surface area (TPSA) is 80.3 Å². The molecule has 0 saturated heterocycles. The van der Waals surface area contributed by atoms with E-state index in [1.807, 2.05) is 75.4 Å². The van der Waals surface area contributed by atoms with Crippen molar-refractivity contribution in [3.05, 3.63) is 72.6 Å². The van der Waals surface area contributed by atoms with E-state index in [1.165, 1.54) is 0 Å². The van der Waals surface area contributed by atoms with Gasteiger partial charge in [-0.15, -0.1) is 0 Å². The number of aromatic nitrogens is 1. The molecule has 0 radical (unpaired) electrons. The van der Waals surface area contributed by atoms with E-state index < -0.39 is 17.6 Å². The number of alkyl carbamates (subject to hydrolysis) is 1. The number of hydrogen-bond donors (Lipinski definition) is 2. The Morgan fingerprint density at radius 1 is 1.03 bits per heavy atom. The molecule has 2 aromatic carbocycles. The Bertz CT molecular complexity index is 997. The number of carbonyl (C=O) groups excluding carboxylic acids is 2. The zero-order chi connectivity index (χ0) is 20.9. The second-order valence-electron chi connectivity index (χ2n) is 7.86. The average molecular weight is 391 g/mol. The normalized spacial score (nSPS) is 12.2. The number of nitrogens with zero attached hydrogens (tertiary/aromatic N) is 1. The molecule has 0 spiro atoms. The third-order valence-corrected chi connectivity index (χ3v) is 4.28. The van der Waals surface area contributed by atoms with Gasteiger partial charge in [-0.25, -0.2) is 4.79 Å². The number of pyridine rings is 1. The second kappa shape index (κ2) is 8.73. The number of nitrogens with one attached hydrogen (secondary N) is 2. The lowest BCUT2D eigenvalue weighted by atomic mass is 9.99. The number of hydrogen-bond acceptors (Lipinski definition) is 4. The Balaban J connectivity index is 1.75. The van der Waals surface area contributed by atoms with Crippen molar-refractivity contribution in [1.82, 2.24) is 10.3 Å². The summed E-state index contributed by atoms with van der Waals surface area (Å²) in [5.41, 5.74) is 1.04. The van der Waals surface area contributed by atoms with Crippen LogP contribution < -0.4 is 10.6 Å². The molecule has 0 unspecified atom stereocenters. The van der Waals surface area contributed by atoms with E-state index in [4.69, 9.17) is 4.74 Å². The molecule has 29 heavy (non-hydrogen) atoms. The Morgan fingerprint density at radius 2 is 1.79 bits per heavy atom. The van der Waals surface area contributed by atoms with Crippen LogP contribution in [0.5, 0.6) is 0 Å². The van der Waals surface area contributed by atoms with Crippen molar-refractivity contribution in [1.29, 1.82) is 0 Å². The first-order chi connectivity index (χ1) is 13.8. The summed E-state index contributed by atoms with van der Waals surface area (Å²) < 4.78 is 5.34. The summed E-state index contributed by atoms with van der Waals surface area (Å²) in [4.78, 5) is 29.2. The van der Waals surface area contributed by atoms with Crippen LogP contribution in [0.3, 0.4) is 0 Å². The van der Waals surface area contributed by atoms with Crippen molar-refractivity contribution < 1.29 is 14.3 Å². The fraction of sp³-hybridized carbons (Fsp3) is 0.261. The molecule has 6 heteroatoms. The molecule has 150 valence electrons. The predicted octanol–water partition coefficient (Wildman–Crippen LogP) is 4.48. The SMILES string of the molecule is CC(C)(C)NC(=O)OC[C@H](C(=O)Nc1ccc2cnccc2c1)c1ccccc1. The van der Waals surface area contributed by atoms with E-state index in [9.17, 15) is 9.59 Å². The van der Waals surface area contributed by atoms with Crippen molar-refractivity contribution in [2.45, 2.75) is 32.2 Å². The molecule has 0 bridgehead atoms. The lowest BCUT2D eigenvalue weighted by Crippen LogP contribution is -2.41. The van der Waals surface area contributed by atoms with Crippen molar-refractivity contribution in [2.75, 3.05) is 11.9 Å². The summed E-state index contributed by atoms with van der Waals surface area (Å²) in [7, 11) is 0. The van der Waals surface area contributed by atoms with Crippen molar-refractivity contribution in [2.24, 2.45) is 0 Å². The molecule has 0 aliphatic carbocycles. The quantitative estimate of drug-likeness (QED) is 0.672. The largest absolute Gasteiger partial charge is 0.448 e. The highest BCUT2D eigenvalue weighted by Crippen LogP contribution is 2.22. The highest BCUT2D eigenvalue weighted by Gasteiger charge is 2.24. The van der Waals surface area contributed by atoms with E-state index in [-0.39, 0.29) is 12.5 Å². The van der Waals surface area contributed by atoms with Crippen molar-refractivity contribution >= 4 is 28.5 Å². The molecule has 0 aliphatic heterocycles. The third-order valence-electron chi connectivity index (χ3n) is 4.28. The van der Waals surface area contributed by atoms with Gasteiger partial charge in [-0.3, -0.25) is 9.78 Å². The minimum Gasteiger partial charge on any atom is -0.448 e. The highest BCUT2D eigenvalue weighted by atomic mass is 16.5. The zero-order valence-electron chi connectivity index (χ0n) is 16.8. The molecule has 1 atom stereocenters. The van der Waals surface area contributed by atoms with Crippen molar-refractivity contribution in [3.63, 3.8) is 0 Å². The molecule has 3 rings (SSSR count). The summed E-state index contributed by atoms with van der Waals surface area (Å²) >= 11 is 0. The first-order valence-corrected chi connectivity index (χ1v) is 9.46. The number of rotatable bonds is 5. The Morgan fingerprint density at radius 3 is 2.52 bits per heavy atom. The number of amides is 2. The standard InChI is InChI=1S/C23H25N3O3/c1-23(2,3)26-22(28)29-15-20(16-7-5-4-6-8-16)21(27)25-19-10-9-18-14-24-12-11-17(18)13-19/h4-14,20H,15H2,1-3H3,(H,25,27)(H,26,28)/t20-/m0/s1. The smallest absolute Gasteiger partial charge is 0.407 e. The molecular weight excluding hydrogens is 366 g/mol. The van der Waals surface area contributed by atoms with Gasteiger partial charge in [0.1, 0.15) is 6.61 Å². The first kappa shape index (κ1) is 20.3. The van der Waals surface area contributed by atoms with Crippen LogP contribution >= 0.6 is 0 Å². The van der Waals surface area contributed by atoms with Crippen LogP contribution in [0.4, 0.5) is 10.5 Å². The van der Waals surface area contributed by atoms with Crippen LogP contribution in [0, 0.1) is 0 Å². The maximum Gasteiger partial charge on any atom is 0.407 e. The molecular formula is C23H25N3O3. The summed E-state index contributed by atoms with van der Waals surface area (Å²) in [5.74, 6) is -0.872. The second-order valence-corrected chi connectivity index (χ2v) is 7.86. The third kappa shape index (κ3) is 5.78. The lowest BCUT2D eigenvalue weighted by Gasteiger charge is -2.22. The van der Waals surface area contributed by atoms with Crippen LogP contribution in [0.25, 0.3) is 10.8 Å². The molecule has 0 fully saturated rings. The Hall–Kier alpha value is -3.41. The summed E-state index contributed by atoms with van der Waals surface area (Å²) in [6, 6.07) is 16.8. The molecule has 2 N–H and O–H groups in total.